The highest BCUT2D eigenvalue weighted by atomic mass is 35.5. The van der Waals surface area contributed by atoms with E-state index in [0.717, 1.165) is 23.8 Å². The predicted octanol–water partition coefficient (Wildman–Crippen LogP) is 6.95. The molecule has 3 atom stereocenters. The van der Waals surface area contributed by atoms with Gasteiger partial charge in [-0.25, -0.2) is 26.9 Å². The Morgan fingerprint density at radius 2 is 2.02 bits per heavy atom. The predicted molar refractivity (Wildman–Crippen MR) is 176 cm³/mol. The van der Waals surface area contributed by atoms with Crippen molar-refractivity contribution in [3.63, 3.8) is 0 Å². The van der Waals surface area contributed by atoms with Crippen LogP contribution in [0.5, 0.6) is 11.8 Å². The maximum atomic E-state index is 16.9. The molecule has 17 heteroatoms. The van der Waals surface area contributed by atoms with Crippen molar-refractivity contribution >= 4 is 60.6 Å². The first-order chi connectivity index (χ1) is 23.4. The van der Waals surface area contributed by atoms with E-state index < -0.39 is 74.9 Å². The molecule has 2 aromatic carbocycles. The number of hydrogen-bond acceptors (Lipinski definition) is 11. The van der Waals surface area contributed by atoms with E-state index in [0.29, 0.717) is 13.0 Å². The SMILES string of the molecule is N#Cc1c(N)sc2c(F)ccc(-c3c(Cl)c(O)c4c(N[C@@H](c5cccnc5N)C(F)F)nc(OC[C@@]56CCCN5C[C@H](F)C6)nc4c3F)c12. The molecule has 6 N–H and O–H groups in total. The van der Waals surface area contributed by atoms with Crippen LogP contribution >= 0.6 is 22.9 Å². The summed E-state index contributed by atoms with van der Waals surface area (Å²) in [7, 11) is 0. The highest BCUT2D eigenvalue weighted by Gasteiger charge is 2.49. The van der Waals surface area contributed by atoms with Gasteiger partial charge in [0.15, 0.2) is 5.82 Å². The molecule has 10 nitrogen and oxygen atoms in total. The largest absolute Gasteiger partial charge is 0.506 e. The highest BCUT2D eigenvalue weighted by Crippen LogP contribution is 2.50. The summed E-state index contributed by atoms with van der Waals surface area (Å²) in [6.07, 6.45) is -1.24. The second-order valence-electron chi connectivity index (χ2n) is 12.0. The molecule has 2 saturated heterocycles. The van der Waals surface area contributed by atoms with E-state index in [1.54, 1.807) is 0 Å². The molecule has 5 heterocycles. The molecule has 0 spiro atoms. The molecule has 5 aromatic rings. The van der Waals surface area contributed by atoms with Crippen molar-refractivity contribution in [2.45, 2.75) is 43.4 Å². The minimum Gasteiger partial charge on any atom is -0.506 e. The summed E-state index contributed by atoms with van der Waals surface area (Å²) in [4.78, 5) is 14.3. The number of thiophene rings is 1. The number of hydrogen-bond donors (Lipinski definition) is 4. The lowest BCUT2D eigenvalue weighted by Gasteiger charge is -2.31. The number of ether oxygens (including phenoxy) is 1. The third-order valence-corrected chi connectivity index (χ3v) is 10.6. The van der Waals surface area contributed by atoms with Crippen molar-refractivity contribution < 1.29 is 31.8 Å². The standard InChI is InChI=1S/C32H26ClF5N8O2S/c33-21-19(14-4-5-17(35)26-18(14)16(10-39)29(41)49-26)22(36)24-20(25(21)47)30(43-23(27(37)38)15-3-1-7-42-28(15)40)45-31(44-24)48-12-32-6-2-8-46(32)11-13(34)9-32/h1,3-5,7,13,23,27,47H,2,6,8-9,11-12,41H2,(H2,40,42)(H,43,44,45)/t13-,23+,32+/m1/s1. The first-order valence-corrected chi connectivity index (χ1v) is 16.2. The number of fused-ring (bicyclic) bond motifs is 3. The molecule has 3 aromatic heterocycles. The van der Waals surface area contributed by atoms with E-state index in [-0.39, 0.29) is 57.2 Å². The topological polar surface area (TPSA) is 159 Å². The number of rotatable bonds is 8. The number of nitrogens with one attached hydrogen (secondary N) is 1. The van der Waals surface area contributed by atoms with E-state index in [1.807, 2.05) is 11.0 Å². The van der Waals surface area contributed by atoms with Gasteiger partial charge in [-0.15, -0.1) is 11.3 Å². The van der Waals surface area contributed by atoms with Crippen LogP contribution in [0.25, 0.3) is 32.1 Å². The first kappa shape index (κ1) is 32.8. The van der Waals surface area contributed by atoms with E-state index in [4.69, 9.17) is 27.8 Å². The Morgan fingerprint density at radius 1 is 1.22 bits per heavy atom. The second-order valence-corrected chi connectivity index (χ2v) is 13.4. The molecule has 0 saturated carbocycles. The number of phenolic OH excluding ortho intramolecular Hbond substituents is 1. The van der Waals surface area contributed by atoms with Crippen LogP contribution in [-0.4, -0.2) is 62.8 Å². The van der Waals surface area contributed by atoms with Crippen molar-refractivity contribution in [2.75, 3.05) is 36.5 Å². The fraction of sp³-hybridized carbons (Fsp3) is 0.312. The number of nitrogen functional groups attached to an aromatic ring is 2. The monoisotopic (exact) mass is 716 g/mol. The van der Waals surface area contributed by atoms with Crippen LogP contribution in [0.15, 0.2) is 30.5 Å². The molecule has 0 radical (unpaired) electrons. The summed E-state index contributed by atoms with van der Waals surface area (Å²) in [6.45, 7) is 0.802. The molecular weight excluding hydrogens is 691 g/mol. The van der Waals surface area contributed by atoms with Crippen LogP contribution in [-0.2, 0) is 0 Å². The van der Waals surface area contributed by atoms with Crippen LogP contribution in [0.1, 0.15) is 36.4 Å². The molecule has 49 heavy (non-hydrogen) atoms. The Balaban J connectivity index is 1.44. The molecular formula is C32H26ClF5N8O2S. The summed E-state index contributed by atoms with van der Waals surface area (Å²) in [6, 6.07) is 4.52. The first-order valence-electron chi connectivity index (χ1n) is 15.0. The maximum Gasteiger partial charge on any atom is 0.319 e. The summed E-state index contributed by atoms with van der Waals surface area (Å²) < 4.78 is 81.3. The Bertz CT molecular complexity index is 2180. The molecule has 0 amide bonds. The van der Waals surface area contributed by atoms with Crippen LogP contribution in [0.2, 0.25) is 5.02 Å². The Hall–Kier alpha value is -4.72. The van der Waals surface area contributed by atoms with Crippen LogP contribution < -0.4 is 21.5 Å². The summed E-state index contributed by atoms with van der Waals surface area (Å²) in [5.41, 5.74) is 9.86. The number of alkyl halides is 3. The lowest BCUT2D eigenvalue weighted by molar-refractivity contribution is 0.107. The van der Waals surface area contributed by atoms with Crippen molar-refractivity contribution in [3.8, 4) is 29.0 Å². The third kappa shape index (κ3) is 5.36. The lowest BCUT2D eigenvalue weighted by Crippen LogP contribution is -2.43. The van der Waals surface area contributed by atoms with E-state index >= 15 is 4.39 Å². The summed E-state index contributed by atoms with van der Waals surface area (Å²) >= 11 is 7.38. The average molecular weight is 717 g/mol. The fourth-order valence-corrected chi connectivity index (χ4v) is 8.17. The van der Waals surface area contributed by atoms with E-state index in [2.05, 4.69) is 20.3 Å². The number of halogens is 6. The van der Waals surface area contributed by atoms with Gasteiger partial charge < -0.3 is 26.6 Å². The Kier molecular flexibility index (Phi) is 8.24. The summed E-state index contributed by atoms with van der Waals surface area (Å²) in [5.74, 6) is -3.37. The Morgan fingerprint density at radius 3 is 2.76 bits per heavy atom. The van der Waals surface area contributed by atoms with Gasteiger partial charge in [-0.05, 0) is 37.1 Å². The number of benzene rings is 2. The van der Waals surface area contributed by atoms with Gasteiger partial charge in [-0.2, -0.15) is 15.2 Å². The van der Waals surface area contributed by atoms with Gasteiger partial charge in [0.25, 0.3) is 6.43 Å². The van der Waals surface area contributed by atoms with Crippen LogP contribution in [0, 0.1) is 23.0 Å². The number of aromatic hydroxyl groups is 1. The van der Waals surface area contributed by atoms with Crippen molar-refractivity contribution in [2.24, 2.45) is 0 Å². The third-order valence-electron chi connectivity index (χ3n) is 9.16. The number of pyridine rings is 1. The van der Waals surface area contributed by atoms with Gasteiger partial charge in [0.2, 0.25) is 0 Å². The molecule has 0 bridgehead atoms. The highest BCUT2D eigenvalue weighted by molar-refractivity contribution is 7.23. The summed E-state index contributed by atoms with van der Waals surface area (Å²) in [5, 5.41) is 22.7. The molecule has 254 valence electrons. The van der Waals surface area contributed by atoms with Gasteiger partial charge in [0.05, 0.1) is 26.2 Å². The minimum absolute atomic E-state index is 0.0228. The van der Waals surface area contributed by atoms with Gasteiger partial charge in [0.1, 0.15) is 58.6 Å². The number of nitrogens with zero attached hydrogens (tertiary/aromatic N) is 5. The second kappa shape index (κ2) is 12.3. The Labute approximate surface area is 284 Å². The number of nitriles is 1. The van der Waals surface area contributed by atoms with Crippen molar-refractivity contribution in [1.29, 1.82) is 5.26 Å². The van der Waals surface area contributed by atoms with Crippen molar-refractivity contribution in [1.82, 2.24) is 19.9 Å². The fourth-order valence-electron chi connectivity index (χ4n) is 6.94. The van der Waals surface area contributed by atoms with Crippen LogP contribution in [0.4, 0.5) is 38.6 Å². The molecule has 0 unspecified atom stereocenters. The zero-order chi connectivity index (χ0) is 34.8. The number of phenols is 1. The van der Waals surface area contributed by atoms with E-state index in [9.17, 15) is 27.9 Å². The number of anilines is 3. The average Bonchev–Trinajstić information content (AvgIpc) is 3.72. The van der Waals surface area contributed by atoms with Crippen molar-refractivity contribution in [3.05, 3.63) is 58.2 Å². The smallest absolute Gasteiger partial charge is 0.319 e. The molecule has 2 aliphatic heterocycles. The quantitative estimate of drug-likeness (QED) is 0.124. The maximum absolute atomic E-state index is 16.9. The van der Waals surface area contributed by atoms with Crippen LogP contribution in [0.3, 0.4) is 0 Å². The number of aromatic nitrogens is 3. The molecule has 0 aliphatic carbocycles. The van der Waals surface area contributed by atoms with Gasteiger partial charge in [0, 0.05) is 35.7 Å². The normalized spacial score (nSPS) is 19.8. The molecule has 7 rings (SSSR count). The van der Waals surface area contributed by atoms with E-state index in [1.165, 1.54) is 24.4 Å². The van der Waals surface area contributed by atoms with Gasteiger partial charge in [-0.3, -0.25) is 4.90 Å². The zero-order valence-corrected chi connectivity index (χ0v) is 26.9. The minimum atomic E-state index is -3.10. The van der Waals surface area contributed by atoms with Gasteiger partial charge in [-0.1, -0.05) is 23.7 Å². The lowest BCUT2D eigenvalue weighted by atomic mass is 9.95. The zero-order valence-electron chi connectivity index (χ0n) is 25.3. The molecule has 2 aliphatic rings. The van der Waals surface area contributed by atoms with Gasteiger partial charge >= 0.3 is 6.01 Å². The number of nitrogens with two attached hydrogens (primary N) is 2. The molecule has 2 fully saturated rings.